The number of amidine groups is 3. The van der Waals surface area contributed by atoms with Crippen LogP contribution in [0.5, 0.6) is 11.5 Å². The molecule has 0 aromatic heterocycles. The van der Waals surface area contributed by atoms with Crippen molar-refractivity contribution < 1.29 is 22.7 Å². The van der Waals surface area contributed by atoms with Crippen LogP contribution in [0, 0.1) is 5.41 Å². The Bertz CT molecular complexity index is 1400. The van der Waals surface area contributed by atoms with Crippen LogP contribution < -0.4 is 9.47 Å². The predicted octanol–water partition coefficient (Wildman–Crippen LogP) is 4.20. The highest BCUT2D eigenvalue weighted by atomic mass is 35.5. The monoisotopic (exact) mass is 538 g/mol. The minimum Gasteiger partial charge on any atom is -0.493 e. The van der Waals surface area contributed by atoms with Gasteiger partial charge < -0.3 is 9.47 Å². The lowest BCUT2D eigenvalue weighted by Crippen LogP contribution is -2.45. The van der Waals surface area contributed by atoms with Gasteiger partial charge in [0, 0.05) is 21.9 Å². The number of benzene rings is 2. The lowest BCUT2D eigenvalue weighted by Gasteiger charge is -2.23. The number of nitrogens with one attached hydrogen (secondary N) is 1. The van der Waals surface area contributed by atoms with Crippen LogP contribution in [0.1, 0.15) is 11.1 Å². The highest BCUT2D eigenvalue weighted by Crippen LogP contribution is 2.33. The van der Waals surface area contributed by atoms with E-state index in [1.807, 2.05) is 0 Å². The van der Waals surface area contributed by atoms with E-state index in [0.29, 0.717) is 32.7 Å². The summed E-state index contributed by atoms with van der Waals surface area (Å²) in [4.78, 5) is 17.4. The number of nitrogens with zero attached hydrogens (tertiary/aromatic N) is 3. The summed E-state index contributed by atoms with van der Waals surface area (Å²) >= 11 is 13.1. The van der Waals surface area contributed by atoms with Gasteiger partial charge in [0.25, 0.3) is 5.91 Å². The number of sulfone groups is 1. The number of carbonyl (C=O) groups is 1. The molecule has 0 saturated heterocycles. The quantitative estimate of drug-likeness (QED) is 0.447. The first-order valence-electron chi connectivity index (χ1n) is 9.52. The van der Waals surface area contributed by atoms with Crippen molar-refractivity contribution in [3.05, 3.63) is 63.1 Å². The molecule has 0 saturated carbocycles. The third-order valence-corrected chi connectivity index (χ3v) is 7.22. The Kier molecular flexibility index (Phi) is 6.72. The van der Waals surface area contributed by atoms with E-state index in [-0.39, 0.29) is 28.4 Å². The topological polar surface area (TPSA) is 121 Å². The van der Waals surface area contributed by atoms with Gasteiger partial charge in [-0.05, 0) is 35.9 Å². The molecule has 176 valence electrons. The third-order valence-electron chi connectivity index (χ3n) is 4.76. The number of methoxy groups -OCH3 is 1. The lowest BCUT2D eigenvalue weighted by atomic mass is 10.1. The van der Waals surface area contributed by atoms with E-state index in [1.54, 1.807) is 36.4 Å². The number of fused-ring (bicyclic) bond motifs is 1. The lowest BCUT2D eigenvalue weighted by molar-refractivity contribution is -0.114. The minimum absolute atomic E-state index is 0.0205. The van der Waals surface area contributed by atoms with Gasteiger partial charge in [0.1, 0.15) is 12.4 Å². The second-order valence-electron chi connectivity index (χ2n) is 7.08. The van der Waals surface area contributed by atoms with E-state index in [1.165, 1.54) is 13.2 Å². The van der Waals surface area contributed by atoms with Gasteiger partial charge >= 0.3 is 0 Å². The summed E-state index contributed by atoms with van der Waals surface area (Å²) in [6, 6.07) is 10.1. The molecule has 0 spiro atoms. The van der Waals surface area contributed by atoms with Crippen molar-refractivity contribution in [3.63, 3.8) is 0 Å². The van der Waals surface area contributed by atoms with Crippen LogP contribution in [0.15, 0.2) is 51.4 Å². The molecule has 2 aliphatic rings. The van der Waals surface area contributed by atoms with Crippen LogP contribution >= 0.6 is 35.1 Å². The summed E-state index contributed by atoms with van der Waals surface area (Å²) in [6.45, 7) is 0.107. The molecule has 1 N–H and O–H groups in total. The molecule has 0 atom stereocenters. The van der Waals surface area contributed by atoms with Gasteiger partial charge in [-0.2, -0.15) is 9.39 Å². The van der Waals surface area contributed by atoms with Crippen molar-refractivity contribution in [1.82, 2.24) is 4.90 Å². The largest absolute Gasteiger partial charge is 0.493 e. The Morgan fingerprint density at radius 3 is 2.53 bits per heavy atom. The summed E-state index contributed by atoms with van der Waals surface area (Å²) in [5, 5.41) is 9.04. The Morgan fingerprint density at radius 1 is 1.18 bits per heavy atom. The highest BCUT2D eigenvalue weighted by molar-refractivity contribution is 8.16. The summed E-state index contributed by atoms with van der Waals surface area (Å²) in [6.07, 6.45) is 2.40. The molecule has 2 aliphatic heterocycles. The van der Waals surface area contributed by atoms with Gasteiger partial charge in [0.15, 0.2) is 11.5 Å². The van der Waals surface area contributed by atoms with Crippen LogP contribution in [0.25, 0.3) is 6.08 Å². The number of amides is 1. The number of rotatable bonds is 5. The zero-order valence-corrected chi connectivity index (χ0v) is 20.8. The minimum atomic E-state index is -3.73. The maximum Gasteiger partial charge on any atom is 0.283 e. The first-order valence-corrected chi connectivity index (χ1v) is 12.9. The molecule has 0 aliphatic carbocycles. The van der Waals surface area contributed by atoms with Crippen molar-refractivity contribution >= 4 is 73.1 Å². The predicted molar refractivity (Wildman–Crippen MR) is 134 cm³/mol. The van der Waals surface area contributed by atoms with Crippen molar-refractivity contribution in [1.29, 1.82) is 5.41 Å². The van der Waals surface area contributed by atoms with E-state index in [4.69, 9.17) is 38.1 Å². The molecule has 2 heterocycles. The number of hydrogen-bond acceptors (Lipinski definition) is 8. The summed E-state index contributed by atoms with van der Waals surface area (Å²) in [5.74, 6) is -0.238. The second-order valence-corrected chi connectivity index (χ2v) is 10.5. The molecule has 9 nitrogen and oxygen atoms in total. The molecular formula is C21H16Cl2N4O5S2. The van der Waals surface area contributed by atoms with Gasteiger partial charge in [-0.15, -0.1) is 0 Å². The smallest absolute Gasteiger partial charge is 0.283 e. The Hall–Kier alpha value is -2.86. The SMILES string of the molecule is COc1cc(/C=C2/C(=N)N3C(=NC2=O)SN=C3S(C)(=O)=O)ccc1OCc1c(Cl)cccc1Cl. The van der Waals surface area contributed by atoms with Crippen LogP contribution in [-0.4, -0.2) is 48.8 Å². The molecule has 1 amide bonds. The van der Waals surface area contributed by atoms with Crippen LogP contribution in [0.3, 0.4) is 0 Å². The number of ether oxygens (including phenoxy) is 2. The van der Waals surface area contributed by atoms with Gasteiger partial charge in [0.2, 0.25) is 20.2 Å². The van der Waals surface area contributed by atoms with Gasteiger partial charge in [-0.1, -0.05) is 35.3 Å². The van der Waals surface area contributed by atoms with E-state index in [2.05, 4.69) is 9.39 Å². The molecule has 4 rings (SSSR count). The van der Waals surface area contributed by atoms with Crippen LogP contribution in [0.4, 0.5) is 0 Å². The molecule has 0 bridgehead atoms. The Balaban J connectivity index is 1.62. The first-order chi connectivity index (χ1) is 16.1. The molecule has 0 unspecified atom stereocenters. The molecule has 34 heavy (non-hydrogen) atoms. The molecule has 13 heteroatoms. The van der Waals surface area contributed by atoms with Crippen molar-refractivity contribution in [2.75, 3.05) is 13.4 Å². The summed E-state index contributed by atoms with van der Waals surface area (Å²) in [5.41, 5.74) is 1.04. The fraction of sp³-hybridized carbons (Fsp3) is 0.143. The molecule has 0 fully saturated rings. The Labute approximate surface area is 209 Å². The number of carbonyl (C=O) groups excluding carboxylic acids is 1. The van der Waals surface area contributed by atoms with Crippen molar-refractivity contribution in [3.8, 4) is 11.5 Å². The van der Waals surface area contributed by atoms with Crippen LogP contribution in [0.2, 0.25) is 10.0 Å². The molecule has 2 aromatic carbocycles. The van der Waals surface area contributed by atoms with Crippen molar-refractivity contribution in [2.24, 2.45) is 9.39 Å². The molecule has 0 radical (unpaired) electrons. The summed E-state index contributed by atoms with van der Waals surface area (Å²) in [7, 11) is -2.27. The van der Waals surface area contributed by atoms with E-state index >= 15 is 0 Å². The second kappa shape index (κ2) is 9.41. The van der Waals surface area contributed by atoms with Gasteiger partial charge in [-0.25, -0.2) is 13.3 Å². The van der Waals surface area contributed by atoms with Gasteiger partial charge in [-0.3, -0.25) is 10.2 Å². The Morgan fingerprint density at radius 2 is 1.88 bits per heavy atom. The highest BCUT2D eigenvalue weighted by Gasteiger charge is 2.41. The number of halogens is 2. The van der Waals surface area contributed by atoms with E-state index in [9.17, 15) is 13.2 Å². The number of aliphatic imine (C=N–C) groups is 1. The van der Waals surface area contributed by atoms with E-state index in [0.717, 1.165) is 23.1 Å². The average Bonchev–Trinajstić information content (AvgIpc) is 3.21. The molecule has 2 aromatic rings. The summed E-state index contributed by atoms with van der Waals surface area (Å²) < 4.78 is 39.1. The zero-order chi connectivity index (χ0) is 24.6. The van der Waals surface area contributed by atoms with Crippen LogP contribution in [-0.2, 0) is 21.2 Å². The third kappa shape index (κ3) is 4.69. The standard InChI is InChI=1S/C21H16Cl2N4O5S2/c1-31-17-9-11(6-7-16(17)32-10-13-14(22)4-3-5-15(13)23)8-12-18(24)27-20(25-19(12)28)33-26-21(27)34(2,29)30/h3-9,24H,10H2,1-2H3/b12-8-,24-18?. The fourth-order valence-electron chi connectivity index (χ4n) is 3.12. The average molecular weight is 539 g/mol. The molecular weight excluding hydrogens is 523 g/mol. The maximum atomic E-state index is 12.5. The first kappa shape index (κ1) is 24.3. The fourth-order valence-corrected chi connectivity index (χ4v) is 5.47. The van der Waals surface area contributed by atoms with Gasteiger partial charge in [0.05, 0.1) is 24.6 Å². The number of hydrogen-bond donors (Lipinski definition) is 1. The normalized spacial score (nSPS) is 16.9. The van der Waals surface area contributed by atoms with E-state index < -0.39 is 15.7 Å². The van der Waals surface area contributed by atoms with Crippen molar-refractivity contribution in [2.45, 2.75) is 6.61 Å². The maximum absolute atomic E-state index is 12.5. The zero-order valence-electron chi connectivity index (χ0n) is 17.7.